The van der Waals surface area contributed by atoms with Crippen LogP contribution in [0.5, 0.6) is 11.5 Å². The third-order valence-electron chi connectivity index (χ3n) is 5.91. The van der Waals surface area contributed by atoms with Crippen LogP contribution >= 0.6 is 0 Å². The van der Waals surface area contributed by atoms with Gasteiger partial charge in [0.15, 0.2) is 0 Å². The molecule has 7 heteroatoms. The van der Waals surface area contributed by atoms with Crippen LogP contribution in [0.1, 0.15) is 22.7 Å². The number of aliphatic hydroxyl groups excluding tert-OH is 1. The lowest BCUT2D eigenvalue weighted by atomic mass is 9.95. The van der Waals surface area contributed by atoms with Crippen LogP contribution in [0, 0.1) is 0 Å². The van der Waals surface area contributed by atoms with E-state index in [1.54, 1.807) is 36.4 Å². The number of ether oxygens (including phenoxy) is 1. The van der Waals surface area contributed by atoms with Crippen molar-refractivity contribution in [3.05, 3.63) is 101 Å². The predicted octanol–water partition coefficient (Wildman–Crippen LogP) is 3.95. The molecule has 1 aliphatic rings. The van der Waals surface area contributed by atoms with Crippen LogP contribution in [-0.2, 0) is 16.2 Å². The Morgan fingerprint density at radius 2 is 1.60 bits per heavy atom. The number of hydrogen-bond donors (Lipinski definition) is 2. The van der Waals surface area contributed by atoms with Gasteiger partial charge in [0.25, 0.3) is 11.7 Å². The van der Waals surface area contributed by atoms with Gasteiger partial charge >= 0.3 is 0 Å². The second-order valence-electron chi connectivity index (χ2n) is 8.69. The summed E-state index contributed by atoms with van der Waals surface area (Å²) in [7, 11) is 3.77. The van der Waals surface area contributed by atoms with Gasteiger partial charge in [0.05, 0.1) is 11.6 Å². The fourth-order valence-electron chi connectivity index (χ4n) is 4.03. The zero-order chi connectivity index (χ0) is 24.9. The Kier molecular flexibility index (Phi) is 7.17. The number of phenolic OH excluding ortho intramolecular Hbond substituents is 1. The number of likely N-dealkylation sites (tertiary alicyclic amines) is 1. The Morgan fingerprint density at radius 1 is 0.943 bits per heavy atom. The van der Waals surface area contributed by atoms with E-state index in [1.165, 1.54) is 17.0 Å². The second kappa shape index (κ2) is 10.4. The Bertz CT molecular complexity index is 1220. The summed E-state index contributed by atoms with van der Waals surface area (Å²) in [5.74, 6) is -0.946. The van der Waals surface area contributed by atoms with Crippen LogP contribution in [0.2, 0.25) is 0 Å². The van der Waals surface area contributed by atoms with Crippen LogP contribution in [0.4, 0.5) is 0 Å². The minimum Gasteiger partial charge on any atom is -0.508 e. The molecule has 0 bridgehead atoms. The lowest BCUT2D eigenvalue weighted by molar-refractivity contribution is -0.140. The molecule has 7 nitrogen and oxygen atoms in total. The molecule has 2 N–H and O–H groups in total. The molecule has 1 atom stereocenters. The number of carbonyl (C=O) groups is 2. The first-order chi connectivity index (χ1) is 16.8. The molecule has 3 aromatic carbocycles. The van der Waals surface area contributed by atoms with Gasteiger partial charge in [-0.3, -0.25) is 9.59 Å². The number of ketones is 1. The van der Waals surface area contributed by atoms with Crippen LogP contribution in [0.3, 0.4) is 0 Å². The van der Waals surface area contributed by atoms with Crippen molar-refractivity contribution in [3.8, 4) is 11.5 Å². The lowest BCUT2D eigenvalue weighted by Crippen LogP contribution is -2.35. The fraction of sp³-hybridized carbons (Fsp3) is 0.214. The van der Waals surface area contributed by atoms with Gasteiger partial charge in [-0.2, -0.15) is 0 Å². The van der Waals surface area contributed by atoms with Crippen molar-refractivity contribution in [2.75, 3.05) is 27.2 Å². The molecule has 0 radical (unpaired) electrons. The number of benzene rings is 3. The Balaban J connectivity index is 1.65. The van der Waals surface area contributed by atoms with E-state index in [2.05, 4.69) is 0 Å². The van der Waals surface area contributed by atoms with Gasteiger partial charge in [-0.1, -0.05) is 42.5 Å². The molecule has 0 spiro atoms. The summed E-state index contributed by atoms with van der Waals surface area (Å²) in [6.45, 7) is 1.27. The van der Waals surface area contributed by atoms with Gasteiger partial charge in [-0.25, -0.2) is 0 Å². The van der Waals surface area contributed by atoms with Crippen molar-refractivity contribution in [1.29, 1.82) is 0 Å². The van der Waals surface area contributed by atoms with Crippen LogP contribution in [-0.4, -0.2) is 58.9 Å². The fourth-order valence-corrected chi connectivity index (χ4v) is 4.03. The molecule has 4 rings (SSSR count). The van der Waals surface area contributed by atoms with Crippen LogP contribution < -0.4 is 4.74 Å². The monoisotopic (exact) mass is 472 g/mol. The maximum Gasteiger partial charge on any atom is 0.295 e. The summed E-state index contributed by atoms with van der Waals surface area (Å²) in [5.41, 5.74) is 2.10. The summed E-state index contributed by atoms with van der Waals surface area (Å²) in [6, 6.07) is 22.1. The highest BCUT2D eigenvalue weighted by molar-refractivity contribution is 6.46. The molecule has 1 aliphatic heterocycles. The van der Waals surface area contributed by atoms with Gasteiger partial charge < -0.3 is 24.7 Å². The van der Waals surface area contributed by atoms with Crippen LogP contribution in [0.25, 0.3) is 5.76 Å². The Hall–Kier alpha value is -4.10. The largest absolute Gasteiger partial charge is 0.508 e. The average molecular weight is 473 g/mol. The van der Waals surface area contributed by atoms with E-state index in [1.807, 2.05) is 49.3 Å². The molecule has 1 fully saturated rings. The standard InChI is InChI=1S/C28H28N2O5/c1-29(2)16-17-30-25(20-8-12-22(31)13-9-20)24(27(33)28(30)34)26(32)21-10-14-23(15-11-21)35-18-19-6-4-3-5-7-19/h3-15,25,31-32H,16-18H2,1-2H3/t25-/m1/s1. The highest BCUT2D eigenvalue weighted by Gasteiger charge is 2.45. The zero-order valence-corrected chi connectivity index (χ0v) is 19.7. The van der Waals surface area contributed by atoms with Crippen molar-refractivity contribution in [2.24, 2.45) is 0 Å². The zero-order valence-electron chi connectivity index (χ0n) is 19.7. The molecule has 1 amide bonds. The number of hydrogen-bond acceptors (Lipinski definition) is 6. The summed E-state index contributed by atoms with van der Waals surface area (Å²) in [6.07, 6.45) is 0. The number of rotatable bonds is 8. The number of carbonyl (C=O) groups excluding carboxylic acids is 2. The molecule has 180 valence electrons. The van der Waals surface area contributed by atoms with E-state index in [4.69, 9.17) is 4.74 Å². The molecule has 0 unspecified atom stereocenters. The predicted molar refractivity (Wildman–Crippen MR) is 133 cm³/mol. The smallest absolute Gasteiger partial charge is 0.295 e. The molecular formula is C28H28N2O5. The number of nitrogens with zero attached hydrogens (tertiary/aromatic N) is 2. The highest BCUT2D eigenvalue weighted by Crippen LogP contribution is 2.39. The van der Waals surface area contributed by atoms with Crippen LogP contribution in [0.15, 0.2) is 84.4 Å². The third-order valence-corrected chi connectivity index (χ3v) is 5.91. The topological polar surface area (TPSA) is 90.3 Å². The molecule has 1 saturated heterocycles. The first kappa shape index (κ1) is 24.0. The minimum atomic E-state index is -0.760. The number of aliphatic hydroxyl groups is 1. The number of likely N-dealkylation sites (N-methyl/N-ethyl adjacent to an activating group) is 1. The van der Waals surface area contributed by atoms with Crippen molar-refractivity contribution in [3.63, 3.8) is 0 Å². The maximum atomic E-state index is 13.1. The van der Waals surface area contributed by atoms with Crippen molar-refractivity contribution in [2.45, 2.75) is 12.6 Å². The van der Waals surface area contributed by atoms with E-state index < -0.39 is 17.7 Å². The number of Topliss-reactive ketones (excluding diaryl/α,β-unsaturated/α-hetero) is 1. The molecule has 3 aromatic rings. The summed E-state index contributed by atoms with van der Waals surface area (Å²) >= 11 is 0. The van der Waals surface area contributed by atoms with E-state index in [0.717, 1.165) is 5.56 Å². The van der Waals surface area contributed by atoms with Gasteiger partial charge in [-0.15, -0.1) is 0 Å². The SMILES string of the molecule is CN(C)CCN1C(=O)C(=O)C(=C(O)c2ccc(OCc3ccccc3)cc2)[C@H]1c1ccc(O)cc1. The maximum absolute atomic E-state index is 13.1. The van der Waals surface area contributed by atoms with E-state index in [0.29, 0.717) is 36.6 Å². The van der Waals surface area contributed by atoms with E-state index in [9.17, 15) is 19.8 Å². The van der Waals surface area contributed by atoms with Gasteiger partial charge in [0.1, 0.15) is 23.9 Å². The third kappa shape index (κ3) is 5.36. The normalized spacial score (nSPS) is 17.2. The van der Waals surface area contributed by atoms with E-state index >= 15 is 0 Å². The average Bonchev–Trinajstić information content (AvgIpc) is 3.12. The lowest BCUT2D eigenvalue weighted by Gasteiger charge is -2.26. The molecule has 35 heavy (non-hydrogen) atoms. The number of amides is 1. The first-order valence-electron chi connectivity index (χ1n) is 11.3. The summed E-state index contributed by atoms with van der Waals surface area (Å²) in [4.78, 5) is 29.4. The molecular weight excluding hydrogens is 444 g/mol. The van der Waals surface area contributed by atoms with Crippen molar-refractivity contribution >= 4 is 17.4 Å². The van der Waals surface area contributed by atoms with Crippen molar-refractivity contribution in [1.82, 2.24) is 9.80 Å². The molecule has 1 heterocycles. The van der Waals surface area contributed by atoms with Crippen molar-refractivity contribution < 1.29 is 24.5 Å². The van der Waals surface area contributed by atoms with Gasteiger partial charge in [0.2, 0.25) is 0 Å². The highest BCUT2D eigenvalue weighted by atomic mass is 16.5. The molecule has 0 aromatic heterocycles. The quantitative estimate of drug-likeness (QED) is 0.293. The van der Waals surface area contributed by atoms with E-state index in [-0.39, 0.29) is 17.1 Å². The molecule has 0 aliphatic carbocycles. The number of phenols is 1. The van der Waals surface area contributed by atoms with Gasteiger partial charge in [-0.05, 0) is 61.6 Å². The Labute approximate surface area is 204 Å². The summed E-state index contributed by atoms with van der Waals surface area (Å²) < 4.78 is 5.81. The first-order valence-corrected chi connectivity index (χ1v) is 11.3. The minimum absolute atomic E-state index is 0.0254. The molecule has 0 saturated carbocycles. The second-order valence-corrected chi connectivity index (χ2v) is 8.69. The van der Waals surface area contributed by atoms with Gasteiger partial charge in [0, 0.05) is 18.7 Å². The summed E-state index contributed by atoms with van der Waals surface area (Å²) in [5, 5.41) is 20.9. The Morgan fingerprint density at radius 3 is 2.23 bits per heavy atom. The number of aromatic hydroxyl groups is 1.